The van der Waals surface area contributed by atoms with E-state index in [0.717, 1.165) is 5.69 Å². The van der Waals surface area contributed by atoms with Crippen LogP contribution in [0.15, 0.2) is 29.1 Å². The van der Waals surface area contributed by atoms with Crippen LogP contribution in [0.3, 0.4) is 0 Å². The van der Waals surface area contributed by atoms with Gasteiger partial charge in [0.25, 0.3) is 5.56 Å². The molecule has 1 aromatic carbocycles. The summed E-state index contributed by atoms with van der Waals surface area (Å²) in [6, 6.07) is 5.85. The molecular formula is C15H14F3N3O2S. The molecular weight excluding hydrogens is 343 g/mol. The van der Waals surface area contributed by atoms with Crippen LogP contribution in [0.2, 0.25) is 0 Å². The van der Waals surface area contributed by atoms with E-state index in [4.69, 9.17) is 12.2 Å². The van der Waals surface area contributed by atoms with E-state index in [-0.39, 0.29) is 11.3 Å². The van der Waals surface area contributed by atoms with Crippen LogP contribution in [0.25, 0.3) is 0 Å². The Morgan fingerprint density at radius 2 is 2.08 bits per heavy atom. The van der Waals surface area contributed by atoms with Crippen molar-refractivity contribution in [1.29, 1.82) is 0 Å². The van der Waals surface area contributed by atoms with Crippen LogP contribution >= 0.6 is 12.2 Å². The molecule has 1 aliphatic heterocycles. The number of hydrogen-bond donors (Lipinski definition) is 2. The first-order chi connectivity index (χ1) is 11.3. The van der Waals surface area contributed by atoms with Crippen molar-refractivity contribution in [3.05, 3.63) is 56.2 Å². The molecule has 0 aliphatic carbocycles. The van der Waals surface area contributed by atoms with E-state index in [1.54, 1.807) is 6.07 Å². The summed E-state index contributed by atoms with van der Waals surface area (Å²) in [5, 5.41) is 0. The van der Waals surface area contributed by atoms with E-state index in [1.807, 2.05) is 4.90 Å². The summed E-state index contributed by atoms with van der Waals surface area (Å²) in [4.78, 5) is 19.5. The van der Waals surface area contributed by atoms with Crippen molar-refractivity contribution in [1.82, 2.24) is 14.9 Å². The normalized spacial score (nSPS) is 15.1. The molecule has 0 amide bonds. The number of fused-ring (bicyclic) bond motifs is 1. The smallest absolute Gasteiger partial charge is 0.406 e. The molecule has 5 nitrogen and oxygen atoms in total. The molecule has 128 valence electrons. The second-order valence-corrected chi connectivity index (χ2v) is 5.93. The van der Waals surface area contributed by atoms with Crippen LogP contribution in [0.5, 0.6) is 5.75 Å². The standard InChI is InChI=1S/C15H14F3N3O2S/c16-15(17,18)23-10-3-1-2-9(6-10)7-21-5-4-12-11(8-21)13(22)20-14(24)19-12/h1-3,6H,4-5,7-8H2,(H2,19,20,22,24). The molecule has 2 N–H and O–H groups in total. The van der Waals surface area contributed by atoms with Crippen LogP contribution in [0.4, 0.5) is 13.2 Å². The van der Waals surface area contributed by atoms with Gasteiger partial charge in [-0.1, -0.05) is 12.1 Å². The van der Waals surface area contributed by atoms with E-state index >= 15 is 0 Å². The molecule has 0 radical (unpaired) electrons. The second-order valence-electron chi connectivity index (χ2n) is 5.52. The summed E-state index contributed by atoms with van der Waals surface area (Å²) < 4.78 is 41.1. The minimum absolute atomic E-state index is 0.229. The monoisotopic (exact) mass is 357 g/mol. The third-order valence-electron chi connectivity index (χ3n) is 3.73. The Morgan fingerprint density at radius 3 is 2.83 bits per heavy atom. The fraction of sp³-hybridized carbons (Fsp3) is 0.333. The summed E-state index contributed by atoms with van der Waals surface area (Å²) in [6.07, 6.45) is -4.09. The highest BCUT2D eigenvalue weighted by molar-refractivity contribution is 7.71. The number of alkyl halides is 3. The zero-order valence-electron chi connectivity index (χ0n) is 12.4. The molecule has 0 fully saturated rings. The molecule has 0 atom stereocenters. The number of halogens is 3. The van der Waals surface area contributed by atoms with Crippen LogP contribution in [0.1, 0.15) is 16.8 Å². The SMILES string of the molecule is O=c1[nH]c(=S)[nH]c2c1CN(Cc1cccc(OC(F)(F)F)c1)CC2. The summed E-state index contributed by atoms with van der Waals surface area (Å²) >= 11 is 4.95. The van der Waals surface area contributed by atoms with E-state index in [9.17, 15) is 18.0 Å². The van der Waals surface area contributed by atoms with Gasteiger partial charge in [0.15, 0.2) is 4.77 Å². The van der Waals surface area contributed by atoms with Gasteiger partial charge in [-0.3, -0.25) is 14.7 Å². The number of H-pyrrole nitrogens is 2. The molecule has 3 rings (SSSR count). The topological polar surface area (TPSA) is 61.1 Å². The summed E-state index contributed by atoms with van der Waals surface area (Å²) in [6.45, 7) is 1.50. The van der Waals surface area contributed by atoms with Crippen molar-refractivity contribution in [2.24, 2.45) is 0 Å². The number of rotatable bonds is 3. The average Bonchev–Trinajstić information content (AvgIpc) is 2.46. The van der Waals surface area contributed by atoms with Gasteiger partial charge in [-0.2, -0.15) is 0 Å². The first-order valence-electron chi connectivity index (χ1n) is 7.21. The first kappa shape index (κ1) is 16.7. The van der Waals surface area contributed by atoms with Crippen LogP contribution in [-0.2, 0) is 19.5 Å². The van der Waals surface area contributed by atoms with Crippen LogP contribution < -0.4 is 10.3 Å². The maximum Gasteiger partial charge on any atom is 0.573 e. The Morgan fingerprint density at radius 1 is 1.29 bits per heavy atom. The van der Waals surface area contributed by atoms with Crippen molar-refractivity contribution < 1.29 is 17.9 Å². The lowest BCUT2D eigenvalue weighted by Gasteiger charge is -2.27. The predicted octanol–water partition coefficient (Wildman–Crippen LogP) is 2.89. The molecule has 24 heavy (non-hydrogen) atoms. The van der Waals surface area contributed by atoms with Crippen LogP contribution in [0, 0.1) is 4.77 Å². The van der Waals surface area contributed by atoms with Gasteiger partial charge in [-0.25, -0.2) is 0 Å². The summed E-state index contributed by atoms with van der Waals surface area (Å²) in [5.41, 5.74) is 1.87. The van der Waals surface area contributed by atoms with E-state index in [1.165, 1.54) is 18.2 Å². The fourth-order valence-electron chi connectivity index (χ4n) is 2.75. The number of nitrogens with zero attached hydrogens (tertiary/aromatic N) is 1. The number of hydrogen-bond acceptors (Lipinski definition) is 4. The van der Waals surface area contributed by atoms with E-state index < -0.39 is 6.36 Å². The highest BCUT2D eigenvalue weighted by Crippen LogP contribution is 2.24. The lowest BCUT2D eigenvalue weighted by Crippen LogP contribution is -2.35. The van der Waals surface area contributed by atoms with Crippen molar-refractivity contribution >= 4 is 12.2 Å². The van der Waals surface area contributed by atoms with Gasteiger partial charge >= 0.3 is 6.36 Å². The molecule has 0 saturated carbocycles. The maximum atomic E-state index is 12.3. The highest BCUT2D eigenvalue weighted by atomic mass is 32.1. The molecule has 0 spiro atoms. The van der Waals surface area contributed by atoms with Crippen LogP contribution in [-0.4, -0.2) is 27.8 Å². The predicted molar refractivity (Wildman–Crippen MR) is 83.2 cm³/mol. The van der Waals surface area contributed by atoms with E-state index in [0.29, 0.717) is 42.0 Å². The molecule has 1 aromatic heterocycles. The Kier molecular flexibility index (Phi) is 4.46. The molecule has 9 heteroatoms. The van der Waals surface area contributed by atoms with Gasteiger partial charge in [-0.05, 0) is 29.9 Å². The van der Waals surface area contributed by atoms with Crippen molar-refractivity contribution in [2.45, 2.75) is 25.9 Å². The number of nitrogens with one attached hydrogen (secondary N) is 2. The van der Waals surface area contributed by atoms with Gasteiger partial charge in [-0.15, -0.1) is 13.2 Å². The van der Waals surface area contributed by atoms with Gasteiger partial charge < -0.3 is 9.72 Å². The Bertz CT molecular complexity index is 860. The van der Waals surface area contributed by atoms with Gasteiger partial charge in [0.2, 0.25) is 0 Å². The molecule has 0 saturated heterocycles. The Balaban J connectivity index is 1.75. The molecule has 1 aliphatic rings. The van der Waals surface area contributed by atoms with Gasteiger partial charge in [0.05, 0.1) is 5.56 Å². The largest absolute Gasteiger partial charge is 0.573 e. The van der Waals surface area contributed by atoms with Crippen molar-refractivity contribution in [2.75, 3.05) is 6.54 Å². The third-order valence-corrected chi connectivity index (χ3v) is 3.93. The minimum atomic E-state index is -4.71. The summed E-state index contributed by atoms with van der Waals surface area (Å²) in [7, 11) is 0. The highest BCUT2D eigenvalue weighted by Gasteiger charge is 2.31. The zero-order valence-corrected chi connectivity index (χ0v) is 13.3. The van der Waals surface area contributed by atoms with Crippen molar-refractivity contribution in [3.63, 3.8) is 0 Å². The third kappa shape index (κ3) is 4.04. The Hall–Kier alpha value is -2.13. The molecule has 0 unspecified atom stereocenters. The zero-order chi connectivity index (χ0) is 17.3. The summed E-state index contributed by atoms with van der Waals surface area (Å²) in [5.74, 6) is -0.251. The first-order valence-corrected chi connectivity index (χ1v) is 7.62. The quantitative estimate of drug-likeness (QED) is 0.830. The molecule has 2 aromatic rings. The fourth-order valence-corrected chi connectivity index (χ4v) is 2.96. The van der Waals surface area contributed by atoms with Gasteiger partial charge in [0.1, 0.15) is 5.75 Å². The Labute approximate surface area is 140 Å². The number of ether oxygens (including phenoxy) is 1. The van der Waals surface area contributed by atoms with Gasteiger partial charge in [0, 0.05) is 31.7 Å². The molecule has 0 bridgehead atoms. The number of aromatic amines is 2. The average molecular weight is 357 g/mol. The second kappa shape index (κ2) is 6.40. The molecule has 2 heterocycles. The minimum Gasteiger partial charge on any atom is -0.406 e. The number of benzene rings is 1. The lowest BCUT2D eigenvalue weighted by atomic mass is 10.1. The van der Waals surface area contributed by atoms with Crippen molar-refractivity contribution in [3.8, 4) is 5.75 Å². The number of aromatic nitrogens is 2. The maximum absolute atomic E-state index is 12.3. The van der Waals surface area contributed by atoms with E-state index in [2.05, 4.69) is 14.7 Å². The lowest BCUT2D eigenvalue weighted by molar-refractivity contribution is -0.274.